The van der Waals surface area contributed by atoms with Gasteiger partial charge in [0.1, 0.15) is 6.10 Å². The van der Waals surface area contributed by atoms with Gasteiger partial charge in [0.05, 0.1) is 22.2 Å². The number of carboxylic acid groups (broad SMARTS) is 1. The zero-order valence-electron chi connectivity index (χ0n) is 16.4. The molecule has 0 radical (unpaired) electrons. The summed E-state index contributed by atoms with van der Waals surface area (Å²) in [5.74, 6) is -0.998. The highest BCUT2D eigenvalue weighted by atomic mass is 35.5. The number of ether oxygens (including phenoxy) is 1. The number of fused-ring (bicyclic) bond motifs is 2. The Kier molecular flexibility index (Phi) is 4.62. The Morgan fingerprint density at radius 1 is 1.20 bits per heavy atom. The maximum absolute atomic E-state index is 11.1. The first-order valence-corrected chi connectivity index (χ1v) is 10.4. The van der Waals surface area contributed by atoms with Crippen LogP contribution in [0.4, 0.5) is 0 Å². The fourth-order valence-corrected chi connectivity index (χ4v) is 4.41. The van der Waals surface area contributed by atoms with Crippen LogP contribution in [0.15, 0.2) is 36.5 Å². The summed E-state index contributed by atoms with van der Waals surface area (Å²) < 4.78 is 8.03. The van der Waals surface area contributed by atoms with Gasteiger partial charge in [0, 0.05) is 24.3 Å². The van der Waals surface area contributed by atoms with Crippen LogP contribution >= 0.6 is 11.6 Å². The first-order chi connectivity index (χ1) is 14.5. The van der Waals surface area contributed by atoms with Gasteiger partial charge in [0.15, 0.2) is 5.65 Å². The van der Waals surface area contributed by atoms with Gasteiger partial charge in [-0.3, -0.25) is 4.79 Å². The molecule has 0 unspecified atom stereocenters. The normalized spacial score (nSPS) is 19.4. The molecule has 0 atom stereocenters. The molecule has 4 aromatic rings. The van der Waals surface area contributed by atoms with Crippen LogP contribution in [0.3, 0.4) is 0 Å². The Hall–Kier alpha value is -3.06. The van der Waals surface area contributed by atoms with E-state index < -0.39 is 5.97 Å². The molecule has 1 fully saturated rings. The lowest BCUT2D eigenvalue weighted by Crippen LogP contribution is -2.28. The number of nitrogens with one attached hydrogen (secondary N) is 1. The molecule has 1 aromatic carbocycles. The molecular weight excluding hydrogens is 404 g/mol. The average molecular weight is 425 g/mol. The molecule has 0 aliphatic heterocycles. The number of halogens is 1. The average Bonchev–Trinajstić information content (AvgIpc) is 3.30. The van der Waals surface area contributed by atoms with Gasteiger partial charge in [-0.15, -0.1) is 0 Å². The van der Waals surface area contributed by atoms with Gasteiger partial charge in [-0.2, -0.15) is 4.98 Å². The second-order valence-corrected chi connectivity index (χ2v) is 8.27. The molecule has 2 N–H and O–H groups in total. The highest BCUT2D eigenvalue weighted by Gasteiger charge is 2.27. The standard InChI is InChI=1S/C22H21ClN4O3/c1-27-9-8-12-2-3-14(10-18(12)27)19-16(23)11-17-20(25-19)26-22(24-17)30-15-6-4-13(5-7-15)21(28)29/h2-3,8-11,13,15H,4-7H2,1H3,(H,28,29)(H,24,25,26). The van der Waals surface area contributed by atoms with Crippen molar-refractivity contribution >= 4 is 39.6 Å². The number of imidazole rings is 1. The van der Waals surface area contributed by atoms with E-state index >= 15 is 0 Å². The molecule has 1 aliphatic rings. The molecule has 30 heavy (non-hydrogen) atoms. The number of benzene rings is 1. The van der Waals surface area contributed by atoms with E-state index in [2.05, 4.69) is 37.7 Å². The van der Waals surface area contributed by atoms with Crippen molar-refractivity contribution in [3.05, 3.63) is 41.6 Å². The van der Waals surface area contributed by atoms with Crippen LogP contribution in [0, 0.1) is 5.92 Å². The topological polar surface area (TPSA) is 93.0 Å². The minimum atomic E-state index is -0.725. The van der Waals surface area contributed by atoms with E-state index in [1.807, 2.05) is 25.4 Å². The molecule has 154 valence electrons. The van der Waals surface area contributed by atoms with E-state index in [0.29, 0.717) is 53.6 Å². The Morgan fingerprint density at radius 2 is 2.00 bits per heavy atom. The SMILES string of the molecule is Cn1ccc2ccc(-c3nc4nc(OC5CCC(C(=O)O)CC5)[nH]c4cc3Cl)cc21. The summed E-state index contributed by atoms with van der Waals surface area (Å²) in [6.45, 7) is 0. The van der Waals surface area contributed by atoms with Crippen LogP contribution in [0.1, 0.15) is 25.7 Å². The molecule has 1 saturated carbocycles. The van der Waals surface area contributed by atoms with E-state index in [1.165, 1.54) is 0 Å². The third kappa shape index (κ3) is 3.39. The van der Waals surface area contributed by atoms with Gasteiger partial charge in [-0.25, -0.2) is 4.98 Å². The van der Waals surface area contributed by atoms with E-state index in [4.69, 9.17) is 21.4 Å². The van der Waals surface area contributed by atoms with Gasteiger partial charge in [-0.05, 0) is 49.3 Å². The Bertz CT molecular complexity index is 1250. The van der Waals surface area contributed by atoms with E-state index in [0.717, 1.165) is 16.5 Å². The quantitative estimate of drug-likeness (QED) is 0.491. The summed E-state index contributed by atoms with van der Waals surface area (Å²) in [5.41, 5.74) is 3.95. The molecule has 1 aliphatic carbocycles. The number of aliphatic carboxylic acids is 1. The van der Waals surface area contributed by atoms with Crippen LogP contribution < -0.4 is 4.74 Å². The van der Waals surface area contributed by atoms with Crippen molar-refractivity contribution in [2.24, 2.45) is 13.0 Å². The van der Waals surface area contributed by atoms with E-state index in [1.54, 1.807) is 0 Å². The molecular formula is C22H21ClN4O3. The number of hydrogen-bond donors (Lipinski definition) is 2. The van der Waals surface area contributed by atoms with Crippen LogP contribution in [0.2, 0.25) is 5.02 Å². The summed E-state index contributed by atoms with van der Waals surface area (Å²) >= 11 is 6.54. The van der Waals surface area contributed by atoms with Gasteiger partial charge in [-0.1, -0.05) is 23.7 Å². The molecule has 0 spiro atoms. The second-order valence-electron chi connectivity index (χ2n) is 7.86. The van der Waals surface area contributed by atoms with Gasteiger partial charge < -0.3 is 19.4 Å². The number of rotatable bonds is 4. The first kappa shape index (κ1) is 18.9. The minimum Gasteiger partial charge on any atom is -0.481 e. The Morgan fingerprint density at radius 3 is 2.77 bits per heavy atom. The van der Waals surface area contributed by atoms with Crippen molar-refractivity contribution in [3.63, 3.8) is 0 Å². The van der Waals surface area contributed by atoms with Crippen molar-refractivity contribution in [1.29, 1.82) is 0 Å². The summed E-state index contributed by atoms with van der Waals surface area (Å²) in [4.78, 5) is 23.4. The smallest absolute Gasteiger partial charge is 0.306 e. The number of carboxylic acids is 1. The highest BCUT2D eigenvalue weighted by Crippen LogP contribution is 2.32. The molecule has 8 heteroatoms. The fourth-order valence-electron chi connectivity index (χ4n) is 4.15. The summed E-state index contributed by atoms with van der Waals surface area (Å²) in [7, 11) is 2.01. The monoisotopic (exact) mass is 424 g/mol. The van der Waals surface area contributed by atoms with Gasteiger partial charge in [0.2, 0.25) is 0 Å². The van der Waals surface area contributed by atoms with Crippen LogP contribution in [0.25, 0.3) is 33.3 Å². The zero-order chi connectivity index (χ0) is 20.8. The van der Waals surface area contributed by atoms with Crippen LogP contribution in [0.5, 0.6) is 6.01 Å². The van der Waals surface area contributed by atoms with Gasteiger partial charge in [0.25, 0.3) is 6.01 Å². The number of pyridine rings is 1. The minimum absolute atomic E-state index is 0.0455. The summed E-state index contributed by atoms with van der Waals surface area (Å²) in [6.07, 6.45) is 4.62. The zero-order valence-corrected chi connectivity index (χ0v) is 17.2. The van der Waals surface area contributed by atoms with Gasteiger partial charge >= 0.3 is 5.97 Å². The number of hydrogen-bond acceptors (Lipinski definition) is 4. The summed E-state index contributed by atoms with van der Waals surface area (Å²) in [6, 6.07) is 10.4. The highest BCUT2D eigenvalue weighted by molar-refractivity contribution is 6.33. The molecule has 0 amide bonds. The number of aryl methyl sites for hydroxylation is 1. The number of aromatic nitrogens is 4. The molecule has 0 bridgehead atoms. The lowest BCUT2D eigenvalue weighted by Gasteiger charge is -2.25. The van der Waals surface area contributed by atoms with E-state index in [9.17, 15) is 4.79 Å². The first-order valence-electron chi connectivity index (χ1n) is 9.99. The third-order valence-electron chi connectivity index (χ3n) is 5.87. The number of carbonyl (C=O) groups is 1. The largest absolute Gasteiger partial charge is 0.481 e. The molecule has 7 nitrogen and oxygen atoms in total. The predicted octanol–water partition coefficient (Wildman–Crippen LogP) is 4.79. The van der Waals surface area contributed by atoms with Crippen LogP contribution in [-0.2, 0) is 11.8 Å². The van der Waals surface area contributed by atoms with Crippen molar-refractivity contribution in [1.82, 2.24) is 19.5 Å². The van der Waals surface area contributed by atoms with E-state index in [-0.39, 0.29) is 12.0 Å². The maximum Gasteiger partial charge on any atom is 0.306 e. The lowest BCUT2D eigenvalue weighted by atomic mass is 9.87. The molecule has 3 aromatic heterocycles. The van der Waals surface area contributed by atoms with Crippen molar-refractivity contribution < 1.29 is 14.6 Å². The molecule has 3 heterocycles. The van der Waals surface area contributed by atoms with Crippen molar-refractivity contribution in [3.8, 4) is 17.3 Å². The fraction of sp³-hybridized carbons (Fsp3) is 0.318. The second kappa shape index (κ2) is 7.32. The Balaban J connectivity index is 1.41. The molecule has 0 saturated heterocycles. The number of aromatic amines is 1. The van der Waals surface area contributed by atoms with Crippen molar-refractivity contribution in [2.45, 2.75) is 31.8 Å². The lowest BCUT2D eigenvalue weighted by molar-refractivity contribution is -0.143. The number of nitrogens with zero attached hydrogens (tertiary/aromatic N) is 3. The number of H-pyrrole nitrogens is 1. The summed E-state index contributed by atoms with van der Waals surface area (Å²) in [5, 5.41) is 10.8. The Labute approximate surface area is 177 Å². The molecule has 5 rings (SSSR count). The maximum atomic E-state index is 11.1. The van der Waals surface area contributed by atoms with Crippen LogP contribution in [-0.4, -0.2) is 36.7 Å². The van der Waals surface area contributed by atoms with Crippen molar-refractivity contribution in [2.75, 3.05) is 0 Å². The predicted molar refractivity (Wildman–Crippen MR) is 115 cm³/mol. The third-order valence-corrected chi connectivity index (χ3v) is 6.16.